The predicted molar refractivity (Wildman–Crippen MR) is 46.8 cm³/mol. The third-order valence-corrected chi connectivity index (χ3v) is 1.91. The van der Waals surface area contributed by atoms with Crippen LogP contribution in [-0.4, -0.2) is 13.2 Å². The van der Waals surface area contributed by atoms with Crippen LogP contribution in [-0.2, 0) is 11.3 Å². The highest BCUT2D eigenvalue weighted by Crippen LogP contribution is 2.25. The molecule has 0 aliphatic carbocycles. The number of rotatable bonds is 1. The molecule has 1 N–H and O–H groups in total. The van der Waals surface area contributed by atoms with Crippen LogP contribution in [0.3, 0.4) is 0 Å². The molecule has 0 bridgehead atoms. The van der Waals surface area contributed by atoms with Crippen molar-refractivity contribution in [1.29, 1.82) is 0 Å². The van der Waals surface area contributed by atoms with E-state index in [1.165, 1.54) is 0 Å². The van der Waals surface area contributed by atoms with Gasteiger partial charge in [-0.15, -0.1) is 0 Å². The van der Waals surface area contributed by atoms with Gasteiger partial charge in [-0.1, -0.05) is 0 Å². The lowest BCUT2D eigenvalue weighted by Crippen LogP contribution is -2.20. The number of hydrogen-bond acceptors (Lipinski definition) is 3. The lowest BCUT2D eigenvalue weighted by molar-refractivity contribution is 0.151. The third kappa shape index (κ3) is 1.42. The lowest BCUT2D eigenvalue weighted by atomic mass is 10.1. The predicted octanol–water partition coefficient (Wildman–Crippen LogP) is 1.76. The third-order valence-electron chi connectivity index (χ3n) is 1.91. The van der Waals surface area contributed by atoms with Crippen molar-refractivity contribution in [3.63, 3.8) is 0 Å². The number of carbonyl (C=O) groups excluding carboxylic acids is 1. The Bertz CT molecular complexity index is 349. The number of methoxy groups -OCH3 is 1. The molecule has 4 nitrogen and oxygen atoms in total. The maximum atomic E-state index is 10.9. The molecule has 2 rings (SSSR count). The van der Waals surface area contributed by atoms with Crippen LogP contribution < -0.4 is 10.1 Å². The Morgan fingerprint density at radius 2 is 2.38 bits per heavy atom. The summed E-state index contributed by atoms with van der Waals surface area (Å²) in [5, 5.41) is 2.59. The summed E-state index contributed by atoms with van der Waals surface area (Å²) in [4.78, 5) is 10.9. The summed E-state index contributed by atoms with van der Waals surface area (Å²) < 4.78 is 9.81. The van der Waals surface area contributed by atoms with Crippen LogP contribution in [0.25, 0.3) is 0 Å². The number of carbonyl (C=O) groups is 1. The van der Waals surface area contributed by atoms with E-state index in [9.17, 15) is 4.79 Å². The molecule has 0 saturated carbocycles. The van der Waals surface area contributed by atoms with Gasteiger partial charge in [0.15, 0.2) is 0 Å². The average Bonchev–Trinajstić information content (AvgIpc) is 2.16. The smallest absolute Gasteiger partial charge is 0.411 e. The van der Waals surface area contributed by atoms with Gasteiger partial charge in [0, 0.05) is 11.6 Å². The Morgan fingerprint density at radius 1 is 1.54 bits per heavy atom. The van der Waals surface area contributed by atoms with Gasteiger partial charge in [-0.05, 0) is 12.1 Å². The quantitative estimate of drug-likeness (QED) is 0.714. The highest BCUT2D eigenvalue weighted by molar-refractivity contribution is 5.87. The SMILES string of the molecule is COc1ccc2c(c1)NC(=O)OC2. The van der Waals surface area contributed by atoms with Gasteiger partial charge in [0.05, 0.1) is 12.8 Å². The van der Waals surface area contributed by atoms with Crippen molar-refractivity contribution >= 4 is 11.8 Å². The highest BCUT2D eigenvalue weighted by atomic mass is 16.5. The Hall–Kier alpha value is -1.71. The molecule has 0 saturated heterocycles. The molecular formula is C9H9NO3. The molecule has 0 unspecified atom stereocenters. The first kappa shape index (κ1) is 7.91. The van der Waals surface area contributed by atoms with Crippen molar-refractivity contribution in [2.24, 2.45) is 0 Å². The van der Waals surface area contributed by atoms with Crippen LogP contribution in [0.5, 0.6) is 5.75 Å². The molecule has 0 radical (unpaired) electrons. The van der Waals surface area contributed by atoms with Gasteiger partial charge in [0.1, 0.15) is 12.4 Å². The lowest BCUT2D eigenvalue weighted by Gasteiger charge is -2.17. The standard InChI is InChI=1S/C9H9NO3/c1-12-7-3-2-6-5-13-9(11)10-8(6)4-7/h2-4H,5H2,1H3,(H,10,11). The van der Waals surface area contributed by atoms with E-state index in [0.29, 0.717) is 6.61 Å². The van der Waals surface area contributed by atoms with E-state index in [0.717, 1.165) is 17.0 Å². The molecule has 1 aromatic carbocycles. The number of hydrogen-bond donors (Lipinski definition) is 1. The largest absolute Gasteiger partial charge is 0.497 e. The number of cyclic esters (lactones) is 1. The molecular weight excluding hydrogens is 170 g/mol. The minimum absolute atomic E-state index is 0.325. The number of ether oxygens (including phenoxy) is 2. The first-order chi connectivity index (χ1) is 6.29. The van der Waals surface area contributed by atoms with E-state index < -0.39 is 6.09 Å². The fourth-order valence-corrected chi connectivity index (χ4v) is 1.21. The van der Waals surface area contributed by atoms with E-state index in [-0.39, 0.29) is 0 Å². The van der Waals surface area contributed by atoms with E-state index in [1.54, 1.807) is 13.2 Å². The maximum Gasteiger partial charge on any atom is 0.411 e. The first-order valence-corrected chi connectivity index (χ1v) is 3.90. The molecule has 1 aromatic rings. The molecule has 1 aliphatic heterocycles. The number of nitrogens with one attached hydrogen (secondary N) is 1. The number of benzene rings is 1. The summed E-state index contributed by atoms with van der Waals surface area (Å²) in [5.41, 5.74) is 1.72. The topological polar surface area (TPSA) is 47.6 Å². The Kier molecular flexibility index (Phi) is 1.81. The van der Waals surface area contributed by atoms with Crippen LogP contribution in [0.4, 0.5) is 10.5 Å². The number of fused-ring (bicyclic) bond motifs is 1. The molecule has 0 aromatic heterocycles. The molecule has 4 heteroatoms. The van der Waals surface area contributed by atoms with Crippen LogP contribution in [0.15, 0.2) is 18.2 Å². The second kappa shape index (κ2) is 2.97. The van der Waals surface area contributed by atoms with E-state index >= 15 is 0 Å². The second-order valence-corrected chi connectivity index (χ2v) is 2.72. The van der Waals surface area contributed by atoms with Gasteiger partial charge in [0.2, 0.25) is 0 Å². The van der Waals surface area contributed by atoms with Gasteiger partial charge in [-0.25, -0.2) is 4.79 Å². The molecule has 1 aliphatic rings. The van der Waals surface area contributed by atoms with E-state index in [1.807, 2.05) is 12.1 Å². The van der Waals surface area contributed by atoms with Gasteiger partial charge in [-0.2, -0.15) is 0 Å². The van der Waals surface area contributed by atoms with Crippen molar-refractivity contribution in [2.75, 3.05) is 12.4 Å². The van der Waals surface area contributed by atoms with Crippen molar-refractivity contribution < 1.29 is 14.3 Å². The molecule has 68 valence electrons. The molecule has 0 fully saturated rings. The zero-order chi connectivity index (χ0) is 9.26. The van der Waals surface area contributed by atoms with Gasteiger partial charge >= 0.3 is 6.09 Å². The first-order valence-electron chi connectivity index (χ1n) is 3.90. The minimum atomic E-state index is -0.416. The second-order valence-electron chi connectivity index (χ2n) is 2.72. The monoisotopic (exact) mass is 179 g/mol. The van der Waals surface area contributed by atoms with Gasteiger partial charge in [-0.3, -0.25) is 5.32 Å². The summed E-state index contributed by atoms with van der Waals surface area (Å²) in [6, 6.07) is 5.48. The fraction of sp³-hybridized carbons (Fsp3) is 0.222. The molecule has 0 atom stereocenters. The summed E-state index contributed by atoms with van der Waals surface area (Å²) in [5.74, 6) is 0.723. The Balaban J connectivity index is 2.38. The summed E-state index contributed by atoms with van der Waals surface area (Å²) in [6.45, 7) is 0.325. The van der Waals surface area contributed by atoms with Gasteiger partial charge < -0.3 is 9.47 Å². The van der Waals surface area contributed by atoms with Crippen LogP contribution >= 0.6 is 0 Å². The minimum Gasteiger partial charge on any atom is -0.497 e. The number of anilines is 1. The van der Waals surface area contributed by atoms with Crippen molar-refractivity contribution in [2.45, 2.75) is 6.61 Å². The summed E-state index contributed by atoms with van der Waals surface area (Å²) >= 11 is 0. The van der Waals surface area contributed by atoms with Crippen molar-refractivity contribution in [3.05, 3.63) is 23.8 Å². The Morgan fingerprint density at radius 3 is 3.15 bits per heavy atom. The van der Waals surface area contributed by atoms with Crippen LogP contribution in [0.2, 0.25) is 0 Å². The van der Waals surface area contributed by atoms with Crippen LogP contribution in [0.1, 0.15) is 5.56 Å². The normalized spacial score (nSPS) is 14.1. The van der Waals surface area contributed by atoms with E-state index in [4.69, 9.17) is 9.47 Å². The molecule has 1 amide bonds. The maximum absolute atomic E-state index is 10.9. The molecule has 1 heterocycles. The zero-order valence-electron chi connectivity index (χ0n) is 7.16. The molecule has 0 spiro atoms. The van der Waals surface area contributed by atoms with Crippen molar-refractivity contribution in [3.8, 4) is 5.75 Å². The Labute approximate surface area is 75.5 Å². The summed E-state index contributed by atoms with van der Waals surface area (Å²) in [6.07, 6.45) is -0.416. The van der Waals surface area contributed by atoms with E-state index in [2.05, 4.69) is 5.32 Å². The zero-order valence-corrected chi connectivity index (χ0v) is 7.16. The van der Waals surface area contributed by atoms with Crippen LogP contribution in [0, 0.1) is 0 Å². The van der Waals surface area contributed by atoms with Gasteiger partial charge in [0.25, 0.3) is 0 Å². The highest BCUT2D eigenvalue weighted by Gasteiger charge is 2.15. The average molecular weight is 179 g/mol. The summed E-state index contributed by atoms with van der Waals surface area (Å²) in [7, 11) is 1.59. The van der Waals surface area contributed by atoms with Crippen molar-refractivity contribution in [1.82, 2.24) is 0 Å². The number of amides is 1. The fourth-order valence-electron chi connectivity index (χ4n) is 1.21. The molecule has 13 heavy (non-hydrogen) atoms.